The first kappa shape index (κ1) is 13.3. The van der Waals surface area contributed by atoms with E-state index < -0.39 is 0 Å². The van der Waals surface area contributed by atoms with E-state index in [1.165, 1.54) is 12.1 Å². The van der Waals surface area contributed by atoms with Crippen molar-refractivity contribution in [3.8, 4) is 11.5 Å². The van der Waals surface area contributed by atoms with Gasteiger partial charge in [0.2, 0.25) is 0 Å². The number of ketones is 1. The molecule has 0 aliphatic rings. The summed E-state index contributed by atoms with van der Waals surface area (Å²) < 4.78 is 18.8. The van der Waals surface area contributed by atoms with Gasteiger partial charge in [-0.1, -0.05) is 25.1 Å². The van der Waals surface area contributed by atoms with Crippen molar-refractivity contribution in [2.45, 2.75) is 20.3 Å². The minimum Gasteiger partial charge on any atom is -0.457 e. The highest BCUT2D eigenvalue weighted by molar-refractivity contribution is 5.96. The molecule has 0 saturated heterocycles. The number of aryl methyl sites for hydroxylation is 1. The molecule has 2 nitrogen and oxygen atoms in total. The number of benzene rings is 2. The van der Waals surface area contributed by atoms with Gasteiger partial charge in [-0.25, -0.2) is 4.39 Å². The van der Waals surface area contributed by atoms with Crippen LogP contribution in [-0.2, 0) is 0 Å². The van der Waals surface area contributed by atoms with E-state index in [4.69, 9.17) is 4.74 Å². The van der Waals surface area contributed by atoms with Crippen molar-refractivity contribution < 1.29 is 13.9 Å². The molecule has 2 aromatic carbocycles. The summed E-state index contributed by atoms with van der Waals surface area (Å²) in [6, 6.07) is 11.3. The summed E-state index contributed by atoms with van der Waals surface area (Å²) in [5.41, 5.74) is 1.45. The Morgan fingerprint density at radius 3 is 2.74 bits per heavy atom. The molecule has 0 atom stereocenters. The number of hydrogen-bond donors (Lipinski definition) is 0. The van der Waals surface area contributed by atoms with E-state index in [9.17, 15) is 9.18 Å². The molecule has 0 fully saturated rings. The van der Waals surface area contributed by atoms with Crippen LogP contribution in [0.15, 0.2) is 42.5 Å². The fourth-order valence-electron chi connectivity index (χ4n) is 1.75. The Hall–Kier alpha value is -2.16. The number of ether oxygens (including phenoxy) is 1. The smallest absolute Gasteiger partial charge is 0.162 e. The van der Waals surface area contributed by atoms with E-state index in [1.807, 2.05) is 13.8 Å². The van der Waals surface area contributed by atoms with E-state index >= 15 is 0 Å². The number of halogens is 1. The summed E-state index contributed by atoms with van der Waals surface area (Å²) in [4.78, 5) is 11.6. The molecular formula is C16H15FO2. The first-order valence-corrected chi connectivity index (χ1v) is 6.17. The predicted octanol–water partition coefficient (Wildman–Crippen LogP) is 4.52. The van der Waals surface area contributed by atoms with Gasteiger partial charge in [-0.15, -0.1) is 0 Å². The second kappa shape index (κ2) is 5.65. The fraction of sp³-hybridized carbons (Fsp3) is 0.188. The molecule has 3 heteroatoms. The van der Waals surface area contributed by atoms with E-state index in [2.05, 4.69) is 0 Å². The molecule has 0 bridgehead atoms. The van der Waals surface area contributed by atoms with Gasteiger partial charge in [-0.2, -0.15) is 0 Å². The third-order valence-electron chi connectivity index (χ3n) is 2.86. The number of Topliss-reactive ketones (excluding diaryl/α,β-unsaturated/α-hetero) is 1. The highest BCUT2D eigenvalue weighted by atomic mass is 19.1. The zero-order chi connectivity index (χ0) is 13.8. The SMILES string of the molecule is CCC(=O)c1cccc(Oc2cc(F)ccc2C)c1. The van der Waals surface area contributed by atoms with Crippen molar-refractivity contribution in [1.82, 2.24) is 0 Å². The highest BCUT2D eigenvalue weighted by Crippen LogP contribution is 2.26. The lowest BCUT2D eigenvalue weighted by Crippen LogP contribution is -1.97. The summed E-state index contributed by atoms with van der Waals surface area (Å²) in [5, 5.41) is 0. The van der Waals surface area contributed by atoms with E-state index in [1.54, 1.807) is 30.3 Å². The predicted molar refractivity (Wildman–Crippen MR) is 72.3 cm³/mol. The number of carbonyl (C=O) groups is 1. The number of carbonyl (C=O) groups excluding carboxylic acids is 1. The summed E-state index contributed by atoms with van der Waals surface area (Å²) in [5.74, 6) is 0.705. The molecule has 0 N–H and O–H groups in total. The van der Waals surface area contributed by atoms with Crippen molar-refractivity contribution >= 4 is 5.78 Å². The Kier molecular flexibility index (Phi) is 3.95. The van der Waals surface area contributed by atoms with E-state index in [-0.39, 0.29) is 11.6 Å². The quantitative estimate of drug-likeness (QED) is 0.754. The van der Waals surface area contributed by atoms with Gasteiger partial charge >= 0.3 is 0 Å². The van der Waals surface area contributed by atoms with Crippen LogP contribution in [0, 0.1) is 12.7 Å². The first-order chi connectivity index (χ1) is 9.10. The molecule has 0 spiro atoms. The van der Waals surface area contributed by atoms with Crippen LogP contribution in [0.4, 0.5) is 4.39 Å². The zero-order valence-corrected chi connectivity index (χ0v) is 10.9. The number of hydrogen-bond acceptors (Lipinski definition) is 2. The van der Waals surface area contributed by atoms with Gasteiger partial charge in [0.25, 0.3) is 0 Å². The van der Waals surface area contributed by atoms with Crippen LogP contribution in [0.5, 0.6) is 11.5 Å². The Labute approximate surface area is 111 Å². The maximum Gasteiger partial charge on any atom is 0.162 e. The van der Waals surface area contributed by atoms with Gasteiger partial charge in [0.15, 0.2) is 5.78 Å². The van der Waals surface area contributed by atoms with Crippen LogP contribution in [0.2, 0.25) is 0 Å². The van der Waals surface area contributed by atoms with Crippen LogP contribution >= 0.6 is 0 Å². The molecule has 2 rings (SSSR count). The van der Waals surface area contributed by atoms with Crippen molar-refractivity contribution in [3.63, 3.8) is 0 Å². The summed E-state index contributed by atoms with van der Waals surface area (Å²) >= 11 is 0. The van der Waals surface area contributed by atoms with Gasteiger partial charge in [-0.05, 0) is 30.7 Å². The lowest BCUT2D eigenvalue weighted by Gasteiger charge is -2.09. The molecule has 98 valence electrons. The third kappa shape index (κ3) is 3.19. The average Bonchev–Trinajstić information content (AvgIpc) is 2.42. The van der Waals surface area contributed by atoms with Crippen LogP contribution < -0.4 is 4.74 Å². The minimum atomic E-state index is -0.346. The molecule has 19 heavy (non-hydrogen) atoms. The molecule has 0 saturated carbocycles. The number of rotatable bonds is 4. The Morgan fingerprint density at radius 2 is 2.00 bits per heavy atom. The Morgan fingerprint density at radius 1 is 1.21 bits per heavy atom. The monoisotopic (exact) mass is 258 g/mol. The van der Waals surface area contributed by atoms with Crippen LogP contribution in [0.1, 0.15) is 29.3 Å². The summed E-state index contributed by atoms with van der Waals surface area (Å²) in [6.07, 6.45) is 0.447. The molecule has 0 amide bonds. The van der Waals surface area contributed by atoms with Gasteiger partial charge in [0.05, 0.1) is 0 Å². The van der Waals surface area contributed by atoms with Crippen molar-refractivity contribution in [2.75, 3.05) is 0 Å². The molecule has 0 aliphatic heterocycles. The van der Waals surface area contributed by atoms with Gasteiger partial charge < -0.3 is 4.74 Å². The van der Waals surface area contributed by atoms with Crippen molar-refractivity contribution in [3.05, 3.63) is 59.4 Å². The molecule has 0 aliphatic carbocycles. The van der Waals surface area contributed by atoms with Crippen molar-refractivity contribution in [1.29, 1.82) is 0 Å². The maximum atomic E-state index is 13.2. The Balaban J connectivity index is 2.28. The largest absolute Gasteiger partial charge is 0.457 e. The van der Waals surface area contributed by atoms with Crippen LogP contribution in [0.25, 0.3) is 0 Å². The first-order valence-electron chi connectivity index (χ1n) is 6.17. The zero-order valence-electron chi connectivity index (χ0n) is 10.9. The minimum absolute atomic E-state index is 0.0569. The normalized spacial score (nSPS) is 10.3. The van der Waals surface area contributed by atoms with Gasteiger partial charge in [0.1, 0.15) is 17.3 Å². The molecule has 0 radical (unpaired) electrons. The maximum absolute atomic E-state index is 13.2. The molecule has 0 unspecified atom stereocenters. The van der Waals surface area contributed by atoms with Crippen molar-refractivity contribution in [2.24, 2.45) is 0 Å². The average molecular weight is 258 g/mol. The van der Waals surface area contributed by atoms with Crippen LogP contribution in [0.3, 0.4) is 0 Å². The van der Waals surface area contributed by atoms with E-state index in [0.29, 0.717) is 23.5 Å². The lowest BCUT2D eigenvalue weighted by molar-refractivity contribution is 0.0988. The lowest BCUT2D eigenvalue weighted by atomic mass is 10.1. The molecule has 0 aromatic heterocycles. The Bertz CT molecular complexity index is 605. The summed E-state index contributed by atoms with van der Waals surface area (Å²) in [6.45, 7) is 3.66. The molecule has 0 heterocycles. The second-order valence-electron chi connectivity index (χ2n) is 4.32. The highest BCUT2D eigenvalue weighted by Gasteiger charge is 2.07. The topological polar surface area (TPSA) is 26.3 Å². The fourth-order valence-corrected chi connectivity index (χ4v) is 1.75. The van der Waals surface area contributed by atoms with Gasteiger partial charge in [-0.3, -0.25) is 4.79 Å². The van der Waals surface area contributed by atoms with Crippen LogP contribution in [-0.4, -0.2) is 5.78 Å². The third-order valence-corrected chi connectivity index (χ3v) is 2.86. The molecule has 2 aromatic rings. The molecular weight excluding hydrogens is 243 g/mol. The van der Waals surface area contributed by atoms with E-state index in [0.717, 1.165) is 5.56 Å². The standard InChI is InChI=1S/C16H15FO2/c1-3-15(18)12-5-4-6-14(9-12)19-16-10-13(17)8-7-11(16)2/h4-10H,3H2,1-2H3. The van der Waals surface area contributed by atoms with Gasteiger partial charge in [0, 0.05) is 18.1 Å². The summed E-state index contributed by atoms with van der Waals surface area (Å²) in [7, 11) is 0. The second-order valence-corrected chi connectivity index (χ2v) is 4.32.